The second-order valence-electron chi connectivity index (χ2n) is 3.92. The van der Waals surface area contributed by atoms with Crippen LogP contribution >= 0.6 is 0 Å². The molecule has 1 aromatic rings. The van der Waals surface area contributed by atoms with Crippen molar-refractivity contribution in [1.82, 2.24) is 15.2 Å². The topological polar surface area (TPSA) is 99.6 Å². The van der Waals surface area contributed by atoms with Crippen molar-refractivity contribution in [2.75, 3.05) is 13.6 Å². The van der Waals surface area contributed by atoms with Crippen LogP contribution in [-0.2, 0) is 9.59 Å². The summed E-state index contributed by atoms with van der Waals surface area (Å²) in [5.74, 6) is -2.07. The zero-order valence-electron chi connectivity index (χ0n) is 10.7. The number of carboxylic acid groups (broad SMARTS) is 1. The average molecular weight is 265 g/mol. The molecule has 7 nitrogen and oxygen atoms in total. The van der Waals surface area contributed by atoms with Crippen molar-refractivity contribution in [1.29, 1.82) is 0 Å². The molecule has 0 radical (unpaired) electrons. The molecule has 1 aromatic heterocycles. The van der Waals surface area contributed by atoms with Gasteiger partial charge in [-0.3, -0.25) is 14.6 Å². The van der Waals surface area contributed by atoms with Crippen LogP contribution < -0.4 is 5.32 Å². The number of nitrogens with zero attached hydrogens (tertiary/aromatic N) is 2. The Morgan fingerprint density at radius 3 is 2.63 bits per heavy atom. The zero-order chi connectivity index (χ0) is 14.4. The number of rotatable bonds is 5. The Morgan fingerprint density at radius 1 is 1.42 bits per heavy atom. The molecule has 7 heteroatoms. The number of carbonyl (C=O) groups excluding carboxylic acids is 2. The van der Waals surface area contributed by atoms with Crippen LogP contribution in [0.2, 0.25) is 0 Å². The molecule has 0 saturated carbocycles. The Balaban J connectivity index is 2.51. The van der Waals surface area contributed by atoms with Crippen LogP contribution in [0, 0.1) is 0 Å². The van der Waals surface area contributed by atoms with Gasteiger partial charge in [0.25, 0.3) is 5.91 Å². The van der Waals surface area contributed by atoms with Crippen LogP contribution in [0.1, 0.15) is 17.4 Å². The van der Waals surface area contributed by atoms with Gasteiger partial charge in [-0.05, 0) is 19.1 Å². The van der Waals surface area contributed by atoms with Crippen molar-refractivity contribution in [3.63, 3.8) is 0 Å². The minimum Gasteiger partial charge on any atom is -0.480 e. The number of pyridine rings is 1. The predicted octanol–water partition coefficient (Wildman–Crippen LogP) is -0.257. The first-order chi connectivity index (χ1) is 8.93. The Morgan fingerprint density at radius 2 is 2.11 bits per heavy atom. The lowest BCUT2D eigenvalue weighted by Gasteiger charge is -2.21. The highest BCUT2D eigenvalue weighted by molar-refractivity contribution is 5.95. The number of aliphatic carboxylic acids is 1. The molecular formula is C12H15N3O4. The fourth-order valence-corrected chi connectivity index (χ4v) is 1.25. The summed E-state index contributed by atoms with van der Waals surface area (Å²) in [6.07, 6.45) is 1.47. The predicted molar refractivity (Wildman–Crippen MR) is 66.4 cm³/mol. The Hall–Kier alpha value is -2.44. The molecule has 1 atom stereocenters. The van der Waals surface area contributed by atoms with Gasteiger partial charge in [-0.25, -0.2) is 4.79 Å². The van der Waals surface area contributed by atoms with Gasteiger partial charge in [0.1, 0.15) is 11.7 Å². The molecule has 0 saturated heterocycles. The first-order valence-electron chi connectivity index (χ1n) is 5.61. The number of hydrogen-bond donors (Lipinski definition) is 2. The summed E-state index contributed by atoms with van der Waals surface area (Å²) in [4.78, 5) is 38.9. The van der Waals surface area contributed by atoms with Crippen LogP contribution in [-0.4, -0.2) is 52.4 Å². The number of amides is 2. The molecule has 0 aliphatic carbocycles. The molecule has 1 rings (SSSR count). The molecule has 19 heavy (non-hydrogen) atoms. The van der Waals surface area contributed by atoms with Crippen LogP contribution in [0.15, 0.2) is 24.4 Å². The van der Waals surface area contributed by atoms with Crippen molar-refractivity contribution in [2.24, 2.45) is 0 Å². The Kier molecular flexibility index (Phi) is 4.99. The summed E-state index contributed by atoms with van der Waals surface area (Å²) in [6, 6.07) is 3.90. The summed E-state index contributed by atoms with van der Waals surface area (Å²) in [5, 5.41) is 11.2. The minimum atomic E-state index is -1.10. The number of nitrogens with one attached hydrogen (secondary N) is 1. The van der Waals surface area contributed by atoms with E-state index in [1.165, 1.54) is 26.2 Å². The Labute approximate surface area is 110 Å². The lowest BCUT2D eigenvalue weighted by atomic mass is 10.3. The standard InChI is InChI=1S/C12H15N3O4/c1-8(12(18)19)15(2)10(16)7-14-11(17)9-5-3-4-6-13-9/h3-6,8H,7H2,1-2H3,(H,14,17)(H,18,19). The number of hydrogen-bond acceptors (Lipinski definition) is 4. The van der Waals surface area contributed by atoms with Gasteiger partial charge < -0.3 is 15.3 Å². The number of likely N-dealkylation sites (N-methyl/N-ethyl adjacent to an activating group) is 1. The highest BCUT2D eigenvalue weighted by Gasteiger charge is 2.21. The van der Waals surface area contributed by atoms with E-state index in [1.54, 1.807) is 12.1 Å². The molecule has 0 spiro atoms. The number of carbonyl (C=O) groups is 3. The third kappa shape index (κ3) is 4.06. The van der Waals surface area contributed by atoms with E-state index in [9.17, 15) is 14.4 Å². The van der Waals surface area contributed by atoms with Gasteiger partial charge in [0, 0.05) is 13.2 Å². The lowest BCUT2D eigenvalue weighted by molar-refractivity contribution is -0.147. The number of aromatic nitrogens is 1. The summed E-state index contributed by atoms with van der Waals surface area (Å²) >= 11 is 0. The molecule has 102 valence electrons. The molecule has 0 aromatic carbocycles. The van der Waals surface area contributed by atoms with Crippen LogP contribution in [0.4, 0.5) is 0 Å². The fraction of sp³-hybridized carbons (Fsp3) is 0.333. The van der Waals surface area contributed by atoms with Gasteiger partial charge in [-0.1, -0.05) is 6.07 Å². The molecule has 1 unspecified atom stereocenters. The van der Waals surface area contributed by atoms with E-state index in [1.807, 2.05) is 0 Å². The van der Waals surface area contributed by atoms with Crippen molar-refractivity contribution < 1.29 is 19.5 Å². The molecule has 1 heterocycles. The maximum Gasteiger partial charge on any atom is 0.326 e. The van der Waals surface area contributed by atoms with E-state index in [4.69, 9.17) is 5.11 Å². The maximum absolute atomic E-state index is 11.7. The van der Waals surface area contributed by atoms with E-state index >= 15 is 0 Å². The monoisotopic (exact) mass is 265 g/mol. The normalized spacial score (nSPS) is 11.5. The molecule has 2 N–H and O–H groups in total. The summed E-state index contributed by atoms with van der Waals surface area (Å²) in [6.45, 7) is 1.12. The third-order valence-electron chi connectivity index (χ3n) is 2.63. The second-order valence-corrected chi connectivity index (χ2v) is 3.92. The first-order valence-corrected chi connectivity index (χ1v) is 5.61. The highest BCUT2D eigenvalue weighted by Crippen LogP contribution is 1.97. The van der Waals surface area contributed by atoms with E-state index in [0.717, 1.165) is 4.90 Å². The van der Waals surface area contributed by atoms with Gasteiger partial charge in [0.2, 0.25) is 5.91 Å². The molecule has 2 amide bonds. The van der Waals surface area contributed by atoms with E-state index in [-0.39, 0.29) is 12.2 Å². The first kappa shape index (κ1) is 14.6. The zero-order valence-corrected chi connectivity index (χ0v) is 10.7. The smallest absolute Gasteiger partial charge is 0.326 e. The number of carboxylic acids is 1. The average Bonchev–Trinajstić information content (AvgIpc) is 2.43. The van der Waals surface area contributed by atoms with E-state index in [0.29, 0.717) is 0 Å². The van der Waals surface area contributed by atoms with Gasteiger partial charge in [-0.2, -0.15) is 0 Å². The van der Waals surface area contributed by atoms with Crippen molar-refractivity contribution in [3.8, 4) is 0 Å². The second kappa shape index (κ2) is 6.48. The quantitative estimate of drug-likeness (QED) is 0.764. The van der Waals surface area contributed by atoms with Crippen LogP contribution in [0.3, 0.4) is 0 Å². The SMILES string of the molecule is CC(C(=O)O)N(C)C(=O)CNC(=O)c1ccccn1. The molecule has 0 fully saturated rings. The van der Waals surface area contributed by atoms with Crippen molar-refractivity contribution in [2.45, 2.75) is 13.0 Å². The summed E-state index contributed by atoms with van der Waals surface area (Å²) < 4.78 is 0. The van der Waals surface area contributed by atoms with Gasteiger partial charge in [-0.15, -0.1) is 0 Å². The van der Waals surface area contributed by atoms with Crippen molar-refractivity contribution in [3.05, 3.63) is 30.1 Å². The summed E-state index contributed by atoms with van der Waals surface area (Å²) in [7, 11) is 1.37. The van der Waals surface area contributed by atoms with E-state index < -0.39 is 23.8 Å². The Bertz CT molecular complexity index is 475. The summed E-state index contributed by atoms with van der Waals surface area (Å²) in [5.41, 5.74) is 0.198. The van der Waals surface area contributed by atoms with E-state index in [2.05, 4.69) is 10.3 Å². The third-order valence-corrected chi connectivity index (χ3v) is 2.63. The lowest BCUT2D eigenvalue weighted by Crippen LogP contribution is -2.45. The molecule has 0 aliphatic heterocycles. The van der Waals surface area contributed by atoms with Crippen molar-refractivity contribution >= 4 is 17.8 Å². The van der Waals surface area contributed by atoms with Gasteiger partial charge in [0.15, 0.2) is 0 Å². The van der Waals surface area contributed by atoms with Crippen LogP contribution in [0.25, 0.3) is 0 Å². The largest absolute Gasteiger partial charge is 0.480 e. The molecular weight excluding hydrogens is 250 g/mol. The fourth-order valence-electron chi connectivity index (χ4n) is 1.25. The molecule has 0 aliphatic rings. The van der Waals surface area contributed by atoms with Gasteiger partial charge >= 0.3 is 5.97 Å². The maximum atomic E-state index is 11.7. The molecule has 0 bridgehead atoms. The van der Waals surface area contributed by atoms with Gasteiger partial charge in [0.05, 0.1) is 6.54 Å². The van der Waals surface area contributed by atoms with Crippen LogP contribution in [0.5, 0.6) is 0 Å². The minimum absolute atomic E-state index is 0.198. The highest BCUT2D eigenvalue weighted by atomic mass is 16.4.